The van der Waals surface area contributed by atoms with E-state index in [9.17, 15) is 14.4 Å². The third kappa shape index (κ3) is 54.6. The summed E-state index contributed by atoms with van der Waals surface area (Å²) in [7, 11) is 0. The van der Waals surface area contributed by atoms with E-state index in [2.05, 4.69) is 142 Å². The van der Waals surface area contributed by atoms with Gasteiger partial charge in [-0.2, -0.15) is 0 Å². The second kappa shape index (κ2) is 56.4. The first kappa shape index (κ1) is 64.8. The molecule has 1 atom stereocenters. The van der Waals surface area contributed by atoms with E-state index in [1.165, 1.54) is 64.2 Å². The standard InChI is InChI=1S/C63H102O6/c1-4-7-10-13-16-19-22-25-28-30-31-33-36-38-41-44-47-50-53-56-62(65)68-59-60(69-63(66)57-54-51-48-45-42-39-34-27-24-21-18-15-12-9-6-3)58-67-61(64)55-52-49-46-43-40-37-35-32-29-26-23-20-17-14-11-8-5-2/h7-8,10-11,16-17,19-21,24-26,28-29,31,33,35,37-38,41,60H,4-6,9,12-15,18,22-23,27,30,32,34,36,39-40,42-59H2,1-3H3/b10-7-,11-8-,19-16-,20-17-,24-21-,28-25-,29-26-,33-31-,37-35-,41-38-/t60-/m0/s1. The van der Waals surface area contributed by atoms with E-state index in [4.69, 9.17) is 14.2 Å². The molecule has 0 aliphatic heterocycles. The molecule has 0 saturated heterocycles. The van der Waals surface area contributed by atoms with Gasteiger partial charge >= 0.3 is 17.9 Å². The number of esters is 3. The predicted octanol–water partition coefficient (Wildman–Crippen LogP) is 18.9. The number of hydrogen-bond donors (Lipinski definition) is 0. The zero-order chi connectivity index (χ0) is 50.0. The molecule has 0 aliphatic carbocycles. The van der Waals surface area contributed by atoms with Crippen molar-refractivity contribution in [1.82, 2.24) is 0 Å². The molecule has 0 spiro atoms. The molecule has 6 nitrogen and oxygen atoms in total. The first-order valence-corrected chi connectivity index (χ1v) is 28.0. The Morgan fingerprint density at radius 2 is 0.565 bits per heavy atom. The second-order valence-corrected chi connectivity index (χ2v) is 18.1. The highest BCUT2D eigenvalue weighted by molar-refractivity contribution is 5.71. The molecule has 0 fully saturated rings. The SMILES string of the molecule is CC/C=C\C/C=C\C/C=C\C/C=C\C/C=C\CCCCCC(=O)OC[C@H](COC(=O)CCCCCC/C=C\C/C=C\C/C=C\C/C=C\CC)OC(=O)CCCCCCCCC/C=C\CCCCCC. The summed E-state index contributed by atoms with van der Waals surface area (Å²) in [5, 5.41) is 0. The van der Waals surface area contributed by atoms with Gasteiger partial charge in [0.25, 0.3) is 0 Å². The summed E-state index contributed by atoms with van der Waals surface area (Å²) in [4.78, 5) is 38.1. The van der Waals surface area contributed by atoms with Gasteiger partial charge in [-0.15, -0.1) is 0 Å². The Kier molecular flexibility index (Phi) is 53.0. The molecule has 0 saturated carbocycles. The number of carbonyl (C=O) groups is 3. The fourth-order valence-corrected chi connectivity index (χ4v) is 7.28. The van der Waals surface area contributed by atoms with Crippen LogP contribution in [0.3, 0.4) is 0 Å². The Balaban J connectivity index is 4.51. The van der Waals surface area contributed by atoms with E-state index >= 15 is 0 Å². The lowest BCUT2D eigenvalue weighted by Crippen LogP contribution is -2.30. The number of hydrogen-bond acceptors (Lipinski definition) is 6. The minimum absolute atomic E-state index is 0.106. The molecule has 390 valence electrons. The molecule has 0 heterocycles. The molecule has 0 aromatic heterocycles. The van der Waals surface area contributed by atoms with E-state index in [0.717, 1.165) is 135 Å². The minimum Gasteiger partial charge on any atom is -0.462 e. The van der Waals surface area contributed by atoms with Crippen LogP contribution < -0.4 is 0 Å². The first-order valence-electron chi connectivity index (χ1n) is 28.0. The van der Waals surface area contributed by atoms with Crippen LogP contribution in [-0.4, -0.2) is 37.2 Å². The first-order chi connectivity index (χ1) is 34.0. The normalized spacial score (nSPS) is 13.0. The van der Waals surface area contributed by atoms with Gasteiger partial charge in [-0.05, 0) is 128 Å². The number of ether oxygens (including phenoxy) is 3. The smallest absolute Gasteiger partial charge is 0.306 e. The molecule has 6 heteroatoms. The van der Waals surface area contributed by atoms with Gasteiger partial charge < -0.3 is 14.2 Å². The van der Waals surface area contributed by atoms with E-state index in [-0.39, 0.29) is 31.1 Å². The maximum Gasteiger partial charge on any atom is 0.306 e. The van der Waals surface area contributed by atoms with Crippen LogP contribution in [0.15, 0.2) is 122 Å². The molecule has 0 aliphatic rings. The third-order valence-corrected chi connectivity index (χ3v) is 11.4. The zero-order valence-corrected chi connectivity index (χ0v) is 44.5. The molecular formula is C63H102O6. The van der Waals surface area contributed by atoms with Crippen LogP contribution in [0.2, 0.25) is 0 Å². The van der Waals surface area contributed by atoms with Crippen molar-refractivity contribution in [2.45, 2.75) is 245 Å². The van der Waals surface area contributed by atoms with Gasteiger partial charge in [0.2, 0.25) is 0 Å². The molecule has 0 bridgehead atoms. The van der Waals surface area contributed by atoms with Gasteiger partial charge in [0.1, 0.15) is 13.2 Å². The number of allylic oxidation sites excluding steroid dienone is 20. The van der Waals surface area contributed by atoms with Crippen LogP contribution >= 0.6 is 0 Å². The lowest BCUT2D eigenvalue weighted by Gasteiger charge is -2.18. The fraction of sp³-hybridized carbons (Fsp3) is 0.635. The van der Waals surface area contributed by atoms with Crippen LogP contribution in [0, 0.1) is 0 Å². The average molecular weight is 956 g/mol. The number of unbranched alkanes of at least 4 members (excludes halogenated alkanes) is 18. The van der Waals surface area contributed by atoms with Crippen molar-refractivity contribution in [2.75, 3.05) is 13.2 Å². The summed E-state index contributed by atoms with van der Waals surface area (Å²) < 4.78 is 16.8. The van der Waals surface area contributed by atoms with Crippen molar-refractivity contribution < 1.29 is 28.6 Å². The van der Waals surface area contributed by atoms with Gasteiger partial charge in [0.15, 0.2) is 6.10 Å². The fourth-order valence-electron chi connectivity index (χ4n) is 7.28. The summed E-state index contributed by atoms with van der Waals surface area (Å²) in [6.45, 7) is 6.34. The number of carbonyl (C=O) groups excluding carboxylic acids is 3. The van der Waals surface area contributed by atoms with Crippen LogP contribution in [0.5, 0.6) is 0 Å². The van der Waals surface area contributed by atoms with Crippen LogP contribution in [-0.2, 0) is 28.6 Å². The van der Waals surface area contributed by atoms with Gasteiger partial charge in [-0.1, -0.05) is 213 Å². The Morgan fingerprint density at radius 3 is 0.913 bits per heavy atom. The monoisotopic (exact) mass is 955 g/mol. The highest BCUT2D eigenvalue weighted by Gasteiger charge is 2.19. The summed E-state index contributed by atoms with van der Waals surface area (Å²) in [5.74, 6) is -0.967. The highest BCUT2D eigenvalue weighted by Crippen LogP contribution is 2.13. The molecule has 0 amide bonds. The molecular weight excluding hydrogens is 853 g/mol. The van der Waals surface area contributed by atoms with Crippen LogP contribution in [0.1, 0.15) is 239 Å². The third-order valence-electron chi connectivity index (χ3n) is 11.4. The van der Waals surface area contributed by atoms with Gasteiger partial charge in [0.05, 0.1) is 0 Å². The van der Waals surface area contributed by atoms with Crippen molar-refractivity contribution in [3.05, 3.63) is 122 Å². The summed E-state index contributed by atoms with van der Waals surface area (Å²) >= 11 is 0. The zero-order valence-electron chi connectivity index (χ0n) is 44.5. The topological polar surface area (TPSA) is 78.9 Å². The molecule has 0 aromatic rings. The lowest BCUT2D eigenvalue weighted by molar-refractivity contribution is -0.167. The largest absolute Gasteiger partial charge is 0.462 e. The molecule has 69 heavy (non-hydrogen) atoms. The molecule has 0 N–H and O–H groups in total. The Hall–Kier alpha value is -4.19. The van der Waals surface area contributed by atoms with Crippen LogP contribution in [0.4, 0.5) is 0 Å². The Labute approximate surface area is 424 Å². The van der Waals surface area contributed by atoms with Crippen molar-refractivity contribution in [3.8, 4) is 0 Å². The average Bonchev–Trinajstić information content (AvgIpc) is 3.35. The van der Waals surface area contributed by atoms with Gasteiger partial charge in [-0.3, -0.25) is 14.4 Å². The lowest BCUT2D eigenvalue weighted by atomic mass is 10.1. The minimum atomic E-state index is -0.808. The van der Waals surface area contributed by atoms with Crippen molar-refractivity contribution in [1.29, 1.82) is 0 Å². The van der Waals surface area contributed by atoms with Crippen molar-refractivity contribution >= 4 is 17.9 Å². The molecule has 0 rings (SSSR count). The molecule has 0 unspecified atom stereocenters. The summed E-state index contributed by atoms with van der Waals surface area (Å²) in [6, 6.07) is 0. The van der Waals surface area contributed by atoms with Gasteiger partial charge in [-0.25, -0.2) is 0 Å². The summed E-state index contributed by atoms with van der Waals surface area (Å²) in [6.07, 6.45) is 77.5. The molecule has 0 radical (unpaired) electrons. The van der Waals surface area contributed by atoms with E-state index in [0.29, 0.717) is 19.3 Å². The molecule has 0 aromatic carbocycles. The predicted molar refractivity (Wildman–Crippen MR) is 297 cm³/mol. The van der Waals surface area contributed by atoms with E-state index in [1.54, 1.807) is 0 Å². The Bertz CT molecular complexity index is 1470. The van der Waals surface area contributed by atoms with Crippen molar-refractivity contribution in [3.63, 3.8) is 0 Å². The van der Waals surface area contributed by atoms with Gasteiger partial charge in [0, 0.05) is 19.3 Å². The quantitative estimate of drug-likeness (QED) is 0.0262. The van der Waals surface area contributed by atoms with Crippen molar-refractivity contribution in [2.24, 2.45) is 0 Å². The summed E-state index contributed by atoms with van der Waals surface area (Å²) in [5.41, 5.74) is 0. The Morgan fingerprint density at radius 1 is 0.304 bits per heavy atom. The highest BCUT2D eigenvalue weighted by atomic mass is 16.6. The van der Waals surface area contributed by atoms with E-state index < -0.39 is 6.10 Å². The number of rotatable bonds is 49. The maximum absolute atomic E-state index is 12.8. The maximum atomic E-state index is 12.8. The second-order valence-electron chi connectivity index (χ2n) is 18.1. The van der Waals surface area contributed by atoms with E-state index in [1.807, 2.05) is 0 Å². The van der Waals surface area contributed by atoms with Crippen LogP contribution in [0.25, 0.3) is 0 Å².